The van der Waals surface area contributed by atoms with E-state index in [4.69, 9.17) is 10.5 Å². The van der Waals surface area contributed by atoms with Crippen LogP contribution < -0.4 is 5.73 Å². The Bertz CT molecular complexity index is 370. The summed E-state index contributed by atoms with van der Waals surface area (Å²) in [6.07, 6.45) is 0.0808. The molecule has 2 atom stereocenters. The van der Waals surface area contributed by atoms with Crippen molar-refractivity contribution in [2.75, 3.05) is 19.7 Å². The van der Waals surface area contributed by atoms with Crippen LogP contribution in [-0.4, -0.2) is 36.7 Å². The Hall–Kier alpha value is -0.970. The highest BCUT2D eigenvalue weighted by Crippen LogP contribution is 2.12. The van der Waals surface area contributed by atoms with E-state index < -0.39 is 0 Å². The molecule has 2 N–H and O–H groups in total. The van der Waals surface area contributed by atoms with Gasteiger partial charge in [0.2, 0.25) is 0 Å². The molecular weight excluding hydrogens is 219 g/mol. The predicted octanol–water partition coefficient (Wildman–Crippen LogP) is 1.37. The lowest BCUT2D eigenvalue weighted by Crippen LogP contribution is -2.49. The van der Waals surface area contributed by atoms with Crippen LogP contribution in [0.15, 0.2) is 24.3 Å². The lowest BCUT2D eigenvalue weighted by atomic mass is 10.1. The van der Waals surface area contributed by atoms with Gasteiger partial charge in [-0.15, -0.1) is 0 Å². The fraction of sp³-hybridized carbons (Fsp3) is 0.538. The fourth-order valence-electron chi connectivity index (χ4n) is 2.09. The SMILES string of the molecule is CC(N)C1CN(Cc2cccc(F)c2)CCO1. The van der Waals surface area contributed by atoms with Gasteiger partial charge in [-0.3, -0.25) is 4.90 Å². The largest absolute Gasteiger partial charge is 0.374 e. The minimum atomic E-state index is -0.181. The topological polar surface area (TPSA) is 38.5 Å². The van der Waals surface area contributed by atoms with Gasteiger partial charge >= 0.3 is 0 Å². The van der Waals surface area contributed by atoms with E-state index >= 15 is 0 Å². The summed E-state index contributed by atoms with van der Waals surface area (Å²) in [4.78, 5) is 2.26. The Kier molecular flexibility index (Phi) is 4.10. The zero-order valence-corrected chi connectivity index (χ0v) is 10.1. The summed E-state index contributed by atoms with van der Waals surface area (Å²) < 4.78 is 18.7. The van der Waals surface area contributed by atoms with Crippen LogP contribution in [0.5, 0.6) is 0 Å². The van der Waals surface area contributed by atoms with Crippen molar-refractivity contribution in [1.82, 2.24) is 4.90 Å². The predicted molar refractivity (Wildman–Crippen MR) is 65.1 cm³/mol. The minimum absolute atomic E-state index is 0.0327. The van der Waals surface area contributed by atoms with E-state index in [2.05, 4.69) is 4.90 Å². The average Bonchev–Trinajstić information content (AvgIpc) is 2.29. The molecule has 1 saturated heterocycles. The van der Waals surface area contributed by atoms with Crippen molar-refractivity contribution < 1.29 is 9.13 Å². The molecule has 1 heterocycles. The number of rotatable bonds is 3. The lowest BCUT2D eigenvalue weighted by molar-refractivity contribution is -0.0403. The summed E-state index contributed by atoms with van der Waals surface area (Å²) in [6.45, 7) is 5.09. The summed E-state index contributed by atoms with van der Waals surface area (Å²) in [5.74, 6) is -0.181. The maximum Gasteiger partial charge on any atom is 0.123 e. The zero-order chi connectivity index (χ0) is 12.3. The average molecular weight is 238 g/mol. The third-order valence-electron chi connectivity index (χ3n) is 3.06. The Balaban J connectivity index is 1.94. The van der Waals surface area contributed by atoms with Crippen LogP contribution in [0.1, 0.15) is 12.5 Å². The maximum absolute atomic E-state index is 13.1. The highest BCUT2D eigenvalue weighted by molar-refractivity contribution is 5.16. The molecule has 0 bridgehead atoms. The molecule has 1 aromatic rings. The summed E-state index contributed by atoms with van der Waals surface area (Å²) >= 11 is 0. The van der Waals surface area contributed by atoms with E-state index in [1.807, 2.05) is 13.0 Å². The maximum atomic E-state index is 13.1. The molecule has 3 nitrogen and oxygen atoms in total. The van der Waals surface area contributed by atoms with Crippen LogP contribution in [0.2, 0.25) is 0 Å². The summed E-state index contributed by atoms with van der Waals surface area (Å²) in [6, 6.07) is 6.77. The third-order valence-corrected chi connectivity index (χ3v) is 3.06. The highest BCUT2D eigenvalue weighted by Gasteiger charge is 2.23. The Morgan fingerprint density at radius 2 is 2.41 bits per heavy atom. The first kappa shape index (κ1) is 12.5. The molecule has 2 rings (SSSR count). The summed E-state index contributed by atoms with van der Waals surface area (Å²) in [5, 5.41) is 0. The molecule has 4 heteroatoms. The number of morpholine rings is 1. The first-order chi connectivity index (χ1) is 8.15. The van der Waals surface area contributed by atoms with E-state index in [1.165, 1.54) is 6.07 Å². The van der Waals surface area contributed by atoms with Crippen molar-refractivity contribution in [2.45, 2.75) is 25.6 Å². The van der Waals surface area contributed by atoms with Crippen molar-refractivity contribution in [2.24, 2.45) is 5.73 Å². The van der Waals surface area contributed by atoms with Gasteiger partial charge in [0.15, 0.2) is 0 Å². The van der Waals surface area contributed by atoms with Crippen LogP contribution in [0.3, 0.4) is 0 Å². The van der Waals surface area contributed by atoms with Gasteiger partial charge in [-0.1, -0.05) is 12.1 Å². The van der Waals surface area contributed by atoms with Crippen molar-refractivity contribution in [3.8, 4) is 0 Å². The third kappa shape index (κ3) is 3.49. The van der Waals surface area contributed by atoms with Crippen LogP contribution >= 0.6 is 0 Å². The van der Waals surface area contributed by atoms with Gasteiger partial charge in [0, 0.05) is 25.7 Å². The smallest absolute Gasteiger partial charge is 0.123 e. The van der Waals surface area contributed by atoms with Crippen LogP contribution in [-0.2, 0) is 11.3 Å². The zero-order valence-electron chi connectivity index (χ0n) is 10.1. The molecule has 0 aliphatic carbocycles. The number of hydrogen-bond donors (Lipinski definition) is 1. The van der Waals surface area contributed by atoms with E-state index in [1.54, 1.807) is 12.1 Å². The molecule has 0 aromatic heterocycles. The summed E-state index contributed by atoms with van der Waals surface area (Å²) in [7, 11) is 0. The van der Waals surface area contributed by atoms with Crippen molar-refractivity contribution in [3.63, 3.8) is 0 Å². The van der Waals surface area contributed by atoms with Gasteiger partial charge in [-0.25, -0.2) is 4.39 Å². The molecule has 94 valence electrons. The minimum Gasteiger partial charge on any atom is -0.374 e. The van der Waals surface area contributed by atoms with Crippen molar-refractivity contribution >= 4 is 0 Å². The normalized spacial score (nSPS) is 23.6. The quantitative estimate of drug-likeness (QED) is 0.864. The molecule has 2 unspecified atom stereocenters. The van der Waals surface area contributed by atoms with Crippen LogP contribution in [0.4, 0.5) is 4.39 Å². The van der Waals surface area contributed by atoms with Gasteiger partial charge in [0.05, 0.1) is 12.7 Å². The molecule has 0 radical (unpaired) electrons. The molecule has 17 heavy (non-hydrogen) atoms. The molecule has 0 saturated carbocycles. The Morgan fingerprint density at radius 1 is 1.59 bits per heavy atom. The number of nitrogens with zero attached hydrogens (tertiary/aromatic N) is 1. The van der Waals surface area contributed by atoms with Gasteiger partial charge in [0.25, 0.3) is 0 Å². The van der Waals surface area contributed by atoms with Crippen LogP contribution in [0, 0.1) is 5.82 Å². The van der Waals surface area contributed by atoms with Crippen molar-refractivity contribution in [1.29, 1.82) is 0 Å². The van der Waals surface area contributed by atoms with Crippen LogP contribution in [0.25, 0.3) is 0 Å². The van der Waals surface area contributed by atoms with E-state index in [0.29, 0.717) is 6.61 Å². The number of benzene rings is 1. The monoisotopic (exact) mass is 238 g/mol. The van der Waals surface area contributed by atoms with Gasteiger partial charge < -0.3 is 10.5 Å². The molecule has 1 aliphatic heterocycles. The van der Waals surface area contributed by atoms with E-state index in [9.17, 15) is 4.39 Å². The standard InChI is InChI=1S/C13H19FN2O/c1-10(15)13-9-16(5-6-17-13)8-11-3-2-4-12(14)7-11/h2-4,7,10,13H,5-6,8-9,15H2,1H3. The number of hydrogen-bond acceptors (Lipinski definition) is 3. The van der Waals surface area contributed by atoms with Crippen molar-refractivity contribution in [3.05, 3.63) is 35.6 Å². The Labute approximate surface area is 101 Å². The van der Waals surface area contributed by atoms with Gasteiger partial charge in [0.1, 0.15) is 5.82 Å². The molecular formula is C13H19FN2O. The molecule has 0 spiro atoms. The summed E-state index contributed by atoms with van der Waals surface area (Å²) in [5.41, 5.74) is 6.83. The Morgan fingerprint density at radius 3 is 3.12 bits per heavy atom. The molecule has 1 aliphatic rings. The second kappa shape index (κ2) is 5.58. The molecule has 1 fully saturated rings. The number of ether oxygens (including phenoxy) is 1. The first-order valence-electron chi connectivity index (χ1n) is 5.99. The lowest BCUT2D eigenvalue weighted by Gasteiger charge is -2.34. The molecule has 1 aromatic carbocycles. The molecule has 0 amide bonds. The van der Waals surface area contributed by atoms with Gasteiger partial charge in [-0.2, -0.15) is 0 Å². The number of halogens is 1. The van der Waals surface area contributed by atoms with E-state index in [-0.39, 0.29) is 18.0 Å². The first-order valence-corrected chi connectivity index (χ1v) is 5.99. The van der Waals surface area contributed by atoms with E-state index in [0.717, 1.165) is 25.2 Å². The second-order valence-electron chi connectivity index (χ2n) is 4.63. The number of nitrogens with two attached hydrogens (primary N) is 1. The second-order valence-corrected chi connectivity index (χ2v) is 4.63. The highest BCUT2D eigenvalue weighted by atomic mass is 19.1. The fourth-order valence-corrected chi connectivity index (χ4v) is 2.09. The van der Waals surface area contributed by atoms with Gasteiger partial charge in [-0.05, 0) is 24.6 Å².